The SMILES string of the molecule is CCOCCOC(=O)CCc1ccc(S(N)(=O)=O)cc1. The van der Waals surface area contributed by atoms with Crippen molar-refractivity contribution in [2.75, 3.05) is 19.8 Å². The first-order valence-electron chi connectivity index (χ1n) is 6.28. The van der Waals surface area contributed by atoms with Crippen LogP contribution in [0.2, 0.25) is 0 Å². The molecule has 20 heavy (non-hydrogen) atoms. The Morgan fingerprint density at radius 2 is 1.85 bits per heavy atom. The molecule has 0 aliphatic carbocycles. The van der Waals surface area contributed by atoms with Gasteiger partial charge in [0.05, 0.1) is 11.5 Å². The van der Waals surface area contributed by atoms with Crippen molar-refractivity contribution in [1.82, 2.24) is 0 Å². The molecule has 0 bridgehead atoms. The maximum Gasteiger partial charge on any atom is 0.306 e. The van der Waals surface area contributed by atoms with Crippen molar-refractivity contribution in [3.05, 3.63) is 29.8 Å². The number of nitrogens with two attached hydrogens (primary N) is 1. The third-order valence-corrected chi connectivity index (χ3v) is 3.49. The Labute approximate surface area is 118 Å². The average molecular weight is 301 g/mol. The Hall–Kier alpha value is -1.44. The largest absolute Gasteiger partial charge is 0.463 e. The lowest BCUT2D eigenvalue weighted by Crippen LogP contribution is -2.12. The van der Waals surface area contributed by atoms with Crippen LogP contribution in [0.5, 0.6) is 0 Å². The molecule has 1 aromatic rings. The molecular formula is C13H19NO5S. The van der Waals surface area contributed by atoms with Gasteiger partial charge in [-0.05, 0) is 31.0 Å². The summed E-state index contributed by atoms with van der Waals surface area (Å²) in [5.41, 5.74) is 0.846. The predicted molar refractivity (Wildman–Crippen MR) is 73.6 cm³/mol. The van der Waals surface area contributed by atoms with E-state index in [1.165, 1.54) is 12.1 Å². The van der Waals surface area contributed by atoms with Gasteiger partial charge in [0.2, 0.25) is 10.0 Å². The molecule has 7 heteroatoms. The van der Waals surface area contributed by atoms with Gasteiger partial charge in [-0.2, -0.15) is 0 Å². The fourth-order valence-corrected chi connectivity index (χ4v) is 2.04. The number of hydrogen-bond acceptors (Lipinski definition) is 5. The minimum Gasteiger partial charge on any atom is -0.463 e. The first kappa shape index (κ1) is 16.6. The number of esters is 1. The molecule has 0 aliphatic rings. The molecule has 0 atom stereocenters. The van der Waals surface area contributed by atoms with E-state index < -0.39 is 10.0 Å². The molecule has 0 unspecified atom stereocenters. The molecule has 2 N–H and O–H groups in total. The van der Waals surface area contributed by atoms with Crippen LogP contribution in [0, 0.1) is 0 Å². The molecule has 0 aliphatic heterocycles. The predicted octanol–water partition coefficient (Wildman–Crippen LogP) is 0.846. The zero-order valence-electron chi connectivity index (χ0n) is 11.4. The van der Waals surface area contributed by atoms with Crippen molar-refractivity contribution in [1.29, 1.82) is 0 Å². The number of benzene rings is 1. The van der Waals surface area contributed by atoms with Crippen molar-refractivity contribution >= 4 is 16.0 Å². The monoisotopic (exact) mass is 301 g/mol. The molecule has 0 spiro atoms. The summed E-state index contributed by atoms with van der Waals surface area (Å²) >= 11 is 0. The van der Waals surface area contributed by atoms with Gasteiger partial charge in [-0.25, -0.2) is 13.6 Å². The van der Waals surface area contributed by atoms with Crippen LogP contribution in [0.4, 0.5) is 0 Å². The number of primary sulfonamides is 1. The standard InChI is InChI=1S/C13H19NO5S/c1-2-18-9-10-19-13(15)8-5-11-3-6-12(7-4-11)20(14,16)17/h3-4,6-7H,2,5,8-10H2,1H3,(H2,14,16,17). The van der Waals surface area contributed by atoms with Gasteiger partial charge in [0, 0.05) is 13.0 Å². The Morgan fingerprint density at radius 1 is 1.20 bits per heavy atom. The molecule has 1 rings (SSSR count). The van der Waals surface area contributed by atoms with Gasteiger partial charge in [0.1, 0.15) is 6.61 Å². The van der Waals surface area contributed by atoms with Crippen molar-refractivity contribution in [3.8, 4) is 0 Å². The zero-order chi connectivity index (χ0) is 15.0. The van der Waals surface area contributed by atoms with Crippen LogP contribution in [0.3, 0.4) is 0 Å². The molecule has 0 saturated heterocycles. The molecule has 0 heterocycles. The molecule has 0 saturated carbocycles. The maximum atomic E-state index is 11.4. The molecule has 0 radical (unpaired) electrons. The van der Waals surface area contributed by atoms with Gasteiger partial charge in [-0.3, -0.25) is 4.79 Å². The quantitative estimate of drug-likeness (QED) is 0.567. The first-order chi connectivity index (χ1) is 9.43. The molecule has 0 amide bonds. The summed E-state index contributed by atoms with van der Waals surface area (Å²) < 4.78 is 32.2. The Bertz CT molecular complexity index is 524. The lowest BCUT2D eigenvalue weighted by atomic mass is 10.1. The van der Waals surface area contributed by atoms with E-state index in [4.69, 9.17) is 14.6 Å². The van der Waals surface area contributed by atoms with Crippen LogP contribution in [0.15, 0.2) is 29.2 Å². The maximum absolute atomic E-state index is 11.4. The van der Waals surface area contributed by atoms with E-state index in [1.54, 1.807) is 12.1 Å². The summed E-state index contributed by atoms with van der Waals surface area (Å²) in [5.74, 6) is -0.305. The number of carbonyl (C=O) groups excluding carboxylic acids is 1. The van der Waals surface area contributed by atoms with Gasteiger partial charge >= 0.3 is 5.97 Å². The average Bonchev–Trinajstić information content (AvgIpc) is 2.41. The second-order valence-corrected chi connectivity index (χ2v) is 5.67. The van der Waals surface area contributed by atoms with E-state index in [0.717, 1.165) is 5.56 Å². The van der Waals surface area contributed by atoms with E-state index in [0.29, 0.717) is 19.6 Å². The number of aryl methyl sites for hydroxylation is 1. The highest BCUT2D eigenvalue weighted by Gasteiger charge is 2.08. The minimum atomic E-state index is -3.67. The van der Waals surface area contributed by atoms with Gasteiger partial charge < -0.3 is 9.47 Å². The summed E-state index contributed by atoms with van der Waals surface area (Å²) in [6, 6.07) is 6.11. The molecule has 0 aromatic heterocycles. The number of rotatable bonds is 8. The van der Waals surface area contributed by atoms with E-state index in [1.807, 2.05) is 6.92 Å². The molecule has 1 aromatic carbocycles. The van der Waals surface area contributed by atoms with Crippen molar-refractivity contribution in [2.45, 2.75) is 24.7 Å². The van der Waals surface area contributed by atoms with E-state index in [9.17, 15) is 13.2 Å². The number of hydrogen-bond donors (Lipinski definition) is 1. The number of ether oxygens (including phenoxy) is 2. The smallest absolute Gasteiger partial charge is 0.306 e. The number of sulfonamides is 1. The lowest BCUT2D eigenvalue weighted by molar-refractivity contribution is -0.145. The summed E-state index contributed by atoms with van der Waals surface area (Å²) in [7, 11) is -3.67. The van der Waals surface area contributed by atoms with Gasteiger partial charge in [0.25, 0.3) is 0 Å². The lowest BCUT2D eigenvalue weighted by Gasteiger charge is -2.05. The van der Waals surface area contributed by atoms with Gasteiger partial charge in [-0.15, -0.1) is 0 Å². The molecule has 6 nitrogen and oxygen atoms in total. The topological polar surface area (TPSA) is 95.7 Å². The fourth-order valence-electron chi connectivity index (χ4n) is 1.52. The Balaban J connectivity index is 2.37. The third kappa shape index (κ3) is 6.14. The van der Waals surface area contributed by atoms with Crippen LogP contribution in [0.25, 0.3) is 0 Å². The van der Waals surface area contributed by atoms with Gasteiger partial charge in [-0.1, -0.05) is 12.1 Å². The van der Waals surface area contributed by atoms with Crippen LogP contribution in [-0.4, -0.2) is 34.2 Å². The highest BCUT2D eigenvalue weighted by atomic mass is 32.2. The second-order valence-electron chi connectivity index (χ2n) is 4.11. The first-order valence-corrected chi connectivity index (χ1v) is 7.83. The summed E-state index contributed by atoms with van der Waals surface area (Å²) in [6.45, 7) is 3.10. The van der Waals surface area contributed by atoms with Gasteiger partial charge in [0.15, 0.2) is 0 Å². The van der Waals surface area contributed by atoms with Crippen molar-refractivity contribution < 1.29 is 22.7 Å². The summed E-state index contributed by atoms with van der Waals surface area (Å²) in [6.07, 6.45) is 0.721. The summed E-state index contributed by atoms with van der Waals surface area (Å²) in [5, 5.41) is 4.99. The van der Waals surface area contributed by atoms with E-state index in [2.05, 4.69) is 0 Å². The van der Waals surface area contributed by atoms with Crippen LogP contribution in [-0.2, 0) is 30.7 Å². The van der Waals surface area contributed by atoms with E-state index >= 15 is 0 Å². The molecule has 112 valence electrons. The minimum absolute atomic E-state index is 0.0561. The van der Waals surface area contributed by atoms with Crippen molar-refractivity contribution in [2.24, 2.45) is 5.14 Å². The molecular weight excluding hydrogens is 282 g/mol. The number of carbonyl (C=O) groups is 1. The van der Waals surface area contributed by atoms with Crippen LogP contribution >= 0.6 is 0 Å². The second kappa shape index (κ2) is 7.98. The van der Waals surface area contributed by atoms with Crippen LogP contribution < -0.4 is 5.14 Å². The summed E-state index contributed by atoms with van der Waals surface area (Å²) in [4.78, 5) is 11.5. The zero-order valence-corrected chi connectivity index (χ0v) is 12.2. The van der Waals surface area contributed by atoms with E-state index in [-0.39, 0.29) is 23.9 Å². The Morgan fingerprint density at radius 3 is 2.40 bits per heavy atom. The van der Waals surface area contributed by atoms with Crippen molar-refractivity contribution in [3.63, 3.8) is 0 Å². The molecule has 0 fully saturated rings. The van der Waals surface area contributed by atoms with Crippen LogP contribution in [0.1, 0.15) is 18.9 Å². The fraction of sp³-hybridized carbons (Fsp3) is 0.462. The highest BCUT2D eigenvalue weighted by Crippen LogP contribution is 2.10. The third-order valence-electron chi connectivity index (χ3n) is 2.56. The normalized spacial score (nSPS) is 11.3. The Kier molecular flexibility index (Phi) is 6.63. The highest BCUT2D eigenvalue weighted by molar-refractivity contribution is 7.89.